The highest BCUT2D eigenvalue weighted by molar-refractivity contribution is 6.09. The summed E-state index contributed by atoms with van der Waals surface area (Å²) in [5.41, 5.74) is 12.7. The lowest BCUT2D eigenvalue weighted by molar-refractivity contribution is -0.113. The topological polar surface area (TPSA) is 106 Å². The van der Waals surface area contributed by atoms with E-state index in [1.807, 2.05) is 0 Å². The smallest absolute Gasteiger partial charge is 0.275 e. The Hall–Kier alpha value is -3.48. The monoisotopic (exact) mass is 325 g/mol. The zero-order valence-corrected chi connectivity index (χ0v) is 12.7. The normalized spacial score (nSPS) is 11.9. The molecule has 0 atom stereocenters. The maximum absolute atomic E-state index is 13.1. The lowest BCUT2D eigenvalue weighted by atomic mass is 10.1. The molecule has 0 unspecified atom stereocenters. The van der Waals surface area contributed by atoms with Gasteiger partial charge in [-0.3, -0.25) is 9.78 Å². The van der Waals surface area contributed by atoms with Crippen molar-refractivity contribution in [2.24, 2.45) is 16.5 Å². The molecule has 24 heavy (non-hydrogen) atoms. The molecule has 0 radical (unpaired) electrons. The number of pyridine rings is 1. The van der Waals surface area contributed by atoms with E-state index in [1.165, 1.54) is 24.4 Å². The first kappa shape index (κ1) is 16.9. The third-order valence-electron chi connectivity index (χ3n) is 2.99. The molecule has 1 heterocycles. The molecule has 0 fully saturated rings. The largest absolute Gasteiger partial charge is 0.391 e. The highest BCUT2D eigenvalue weighted by Crippen LogP contribution is 2.11. The minimum atomic E-state index is -0.678. The quantitative estimate of drug-likeness (QED) is 0.577. The van der Waals surface area contributed by atoms with Crippen molar-refractivity contribution < 1.29 is 9.18 Å². The Balaban J connectivity index is 2.08. The second-order valence-corrected chi connectivity index (χ2v) is 4.79. The number of aliphatic imine (C=N–C) groups is 1. The van der Waals surface area contributed by atoms with Gasteiger partial charge in [-0.15, -0.1) is 0 Å². The van der Waals surface area contributed by atoms with E-state index in [9.17, 15) is 9.18 Å². The number of nitrogens with one attached hydrogen (secondary N) is 1. The number of rotatable bonds is 5. The van der Waals surface area contributed by atoms with Gasteiger partial charge in [0.2, 0.25) is 0 Å². The van der Waals surface area contributed by atoms with E-state index in [2.05, 4.69) is 21.9 Å². The van der Waals surface area contributed by atoms with E-state index in [-0.39, 0.29) is 17.2 Å². The van der Waals surface area contributed by atoms with Gasteiger partial charge in [0.15, 0.2) is 5.82 Å². The minimum absolute atomic E-state index is 0.172. The third-order valence-corrected chi connectivity index (χ3v) is 2.99. The van der Waals surface area contributed by atoms with Gasteiger partial charge in [-0.1, -0.05) is 18.7 Å². The zero-order chi connectivity index (χ0) is 17.5. The summed E-state index contributed by atoms with van der Waals surface area (Å²) >= 11 is 0. The van der Waals surface area contributed by atoms with Crippen LogP contribution in [0.5, 0.6) is 0 Å². The second-order valence-electron chi connectivity index (χ2n) is 4.79. The van der Waals surface area contributed by atoms with Gasteiger partial charge >= 0.3 is 0 Å². The lowest BCUT2D eigenvalue weighted by Crippen LogP contribution is -2.24. The average molecular weight is 325 g/mol. The first-order chi connectivity index (χ1) is 11.5. The lowest BCUT2D eigenvalue weighted by Gasteiger charge is -2.06. The van der Waals surface area contributed by atoms with Gasteiger partial charge in [0, 0.05) is 29.9 Å². The van der Waals surface area contributed by atoms with Crippen LogP contribution in [0.15, 0.2) is 71.9 Å². The predicted molar refractivity (Wildman–Crippen MR) is 92.2 cm³/mol. The standard InChI is InChI=1S/C17H16FN5O/c1-11(12-4-3-7-21-10-12)9-22-16(20)15(19)17(24)23-14-6-2-5-13(18)8-14/h2-10H,1,19-20H2,(H,23,24)/b16-15-,22-9?. The number of amides is 1. The van der Waals surface area contributed by atoms with Crippen molar-refractivity contribution in [1.29, 1.82) is 0 Å². The van der Waals surface area contributed by atoms with Crippen molar-refractivity contribution in [2.75, 3.05) is 5.32 Å². The summed E-state index contributed by atoms with van der Waals surface area (Å²) in [6.07, 6.45) is 4.64. The number of hydrogen-bond donors (Lipinski definition) is 3. The first-order valence-corrected chi connectivity index (χ1v) is 6.93. The van der Waals surface area contributed by atoms with Gasteiger partial charge < -0.3 is 16.8 Å². The Morgan fingerprint density at radius 3 is 2.75 bits per heavy atom. The molecule has 0 spiro atoms. The molecule has 0 bridgehead atoms. The van der Waals surface area contributed by atoms with Crippen molar-refractivity contribution in [2.45, 2.75) is 0 Å². The molecule has 7 heteroatoms. The fourth-order valence-electron chi connectivity index (χ4n) is 1.73. The van der Waals surface area contributed by atoms with Crippen molar-refractivity contribution >= 4 is 23.4 Å². The van der Waals surface area contributed by atoms with Crippen LogP contribution in [-0.2, 0) is 4.79 Å². The van der Waals surface area contributed by atoms with Crippen molar-refractivity contribution in [3.05, 3.63) is 78.3 Å². The van der Waals surface area contributed by atoms with E-state index in [1.54, 1.807) is 24.5 Å². The molecule has 0 aliphatic heterocycles. The number of nitrogens with zero attached hydrogens (tertiary/aromatic N) is 2. The number of halogens is 1. The molecule has 1 aromatic heterocycles. The van der Waals surface area contributed by atoms with Crippen LogP contribution in [0.3, 0.4) is 0 Å². The molecule has 2 aromatic rings. The molecule has 0 aliphatic carbocycles. The Bertz CT molecular complexity index is 815. The number of carbonyl (C=O) groups excluding carboxylic acids is 1. The number of allylic oxidation sites excluding steroid dienone is 1. The maximum Gasteiger partial charge on any atom is 0.275 e. The average Bonchev–Trinajstić information content (AvgIpc) is 2.59. The number of nitrogens with two attached hydrogens (primary N) is 2. The summed E-state index contributed by atoms with van der Waals surface area (Å²) in [5.74, 6) is -1.33. The van der Waals surface area contributed by atoms with Gasteiger partial charge in [0.25, 0.3) is 5.91 Å². The summed E-state index contributed by atoms with van der Waals surface area (Å²) in [4.78, 5) is 19.9. The zero-order valence-electron chi connectivity index (χ0n) is 12.7. The third kappa shape index (κ3) is 4.51. The van der Waals surface area contributed by atoms with Crippen molar-refractivity contribution in [3.8, 4) is 0 Å². The van der Waals surface area contributed by atoms with E-state index >= 15 is 0 Å². The summed E-state index contributed by atoms with van der Waals surface area (Å²) in [6.45, 7) is 3.83. The van der Waals surface area contributed by atoms with Crippen LogP contribution in [-0.4, -0.2) is 17.1 Å². The summed E-state index contributed by atoms with van der Waals surface area (Å²) in [7, 11) is 0. The van der Waals surface area contributed by atoms with E-state index in [4.69, 9.17) is 11.5 Å². The molecule has 0 saturated carbocycles. The fraction of sp³-hybridized carbons (Fsp3) is 0. The van der Waals surface area contributed by atoms with Crippen LogP contribution >= 0.6 is 0 Å². The van der Waals surface area contributed by atoms with Crippen LogP contribution in [0.25, 0.3) is 5.57 Å². The maximum atomic E-state index is 13.1. The Morgan fingerprint density at radius 2 is 2.08 bits per heavy atom. The van der Waals surface area contributed by atoms with Gasteiger partial charge in [-0.2, -0.15) is 0 Å². The molecular weight excluding hydrogens is 309 g/mol. The minimum Gasteiger partial charge on any atom is -0.391 e. The molecule has 1 amide bonds. The summed E-state index contributed by atoms with van der Waals surface area (Å²) in [5, 5.41) is 2.43. The van der Waals surface area contributed by atoms with Crippen molar-refractivity contribution in [1.82, 2.24) is 4.98 Å². The number of anilines is 1. The number of hydrogen-bond acceptors (Lipinski definition) is 5. The van der Waals surface area contributed by atoms with Crippen LogP contribution in [0.4, 0.5) is 10.1 Å². The molecule has 5 N–H and O–H groups in total. The molecular formula is C17H16FN5O. The molecule has 1 aromatic carbocycles. The van der Waals surface area contributed by atoms with E-state index < -0.39 is 11.7 Å². The number of carbonyl (C=O) groups is 1. The molecule has 122 valence electrons. The Morgan fingerprint density at radius 1 is 1.29 bits per heavy atom. The molecule has 0 saturated heterocycles. The number of benzene rings is 1. The highest BCUT2D eigenvalue weighted by Gasteiger charge is 2.10. The highest BCUT2D eigenvalue weighted by atomic mass is 19.1. The van der Waals surface area contributed by atoms with Crippen molar-refractivity contribution in [3.63, 3.8) is 0 Å². The van der Waals surface area contributed by atoms with Crippen LogP contribution < -0.4 is 16.8 Å². The van der Waals surface area contributed by atoms with E-state index in [0.29, 0.717) is 5.57 Å². The Labute approximate surface area is 138 Å². The van der Waals surface area contributed by atoms with Gasteiger partial charge in [0.05, 0.1) is 0 Å². The SMILES string of the molecule is C=C(C=N/C(N)=C(\N)C(=O)Nc1cccc(F)c1)c1cccnc1. The van der Waals surface area contributed by atoms with Gasteiger partial charge in [-0.25, -0.2) is 9.38 Å². The van der Waals surface area contributed by atoms with Crippen LogP contribution in [0.2, 0.25) is 0 Å². The van der Waals surface area contributed by atoms with Gasteiger partial charge in [-0.05, 0) is 29.8 Å². The number of aromatic nitrogens is 1. The van der Waals surface area contributed by atoms with Gasteiger partial charge in [0.1, 0.15) is 11.5 Å². The predicted octanol–water partition coefficient (Wildman–Crippen LogP) is 2.03. The van der Waals surface area contributed by atoms with Crippen LogP contribution in [0.1, 0.15) is 5.56 Å². The molecule has 2 rings (SSSR count). The summed E-state index contributed by atoms with van der Waals surface area (Å²) < 4.78 is 13.1. The first-order valence-electron chi connectivity index (χ1n) is 6.93. The second kappa shape index (κ2) is 7.68. The summed E-state index contributed by atoms with van der Waals surface area (Å²) in [6, 6.07) is 8.98. The van der Waals surface area contributed by atoms with E-state index in [0.717, 1.165) is 11.6 Å². The molecule has 0 aliphatic rings. The Kier molecular flexibility index (Phi) is 5.40. The fourth-order valence-corrected chi connectivity index (χ4v) is 1.73. The molecule has 6 nitrogen and oxygen atoms in total. The van der Waals surface area contributed by atoms with Crippen LogP contribution in [0, 0.1) is 5.82 Å².